The van der Waals surface area contributed by atoms with Crippen molar-refractivity contribution in [2.24, 2.45) is 0 Å². The zero-order valence-corrected chi connectivity index (χ0v) is 26.1. The Labute approximate surface area is 197 Å². The molecule has 30 heavy (non-hydrogen) atoms. The SMILES string of the molecule is CCC[CH2][Sn]([CH2]CCC)([CH2]CCC)[c]1cc2c(s1)CC(O[Si](C)(C)C(C)(C)C)CC2. The molecule has 0 aliphatic heterocycles. The molecule has 1 aromatic rings. The Bertz CT molecular complexity index is 624. The molecule has 0 amide bonds. The van der Waals surface area contributed by atoms with Crippen LogP contribution in [0, 0.1) is 0 Å². The Hall–Kier alpha value is 0.676. The van der Waals surface area contributed by atoms with E-state index in [0.717, 1.165) is 0 Å². The van der Waals surface area contributed by atoms with E-state index in [1.54, 1.807) is 23.8 Å². The molecular formula is C26H50OSSiSn. The van der Waals surface area contributed by atoms with Crippen molar-refractivity contribution < 1.29 is 4.43 Å². The molecule has 0 fully saturated rings. The summed E-state index contributed by atoms with van der Waals surface area (Å²) >= 11 is -0.0204. The van der Waals surface area contributed by atoms with E-state index in [1.165, 1.54) is 57.8 Å². The van der Waals surface area contributed by atoms with Crippen LogP contribution < -0.4 is 2.89 Å². The van der Waals surface area contributed by atoms with Crippen molar-refractivity contribution in [1.29, 1.82) is 0 Å². The minimum atomic E-state index is -2.28. The van der Waals surface area contributed by atoms with Crippen molar-refractivity contribution in [3.63, 3.8) is 0 Å². The first-order valence-corrected chi connectivity index (χ1v) is 24.1. The summed E-state index contributed by atoms with van der Waals surface area (Å²) < 4.78 is 13.6. The second-order valence-corrected chi connectivity index (χ2v) is 31.4. The Kier molecular flexibility index (Phi) is 10.5. The molecule has 1 nitrogen and oxygen atoms in total. The molecule has 0 spiro atoms. The van der Waals surface area contributed by atoms with Crippen LogP contribution in [0.3, 0.4) is 0 Å². The average Bonchev–Trinajstić information content (AvgIpc) is 3.10. The van der Waals surface area contributed by atoms with E-state index in [-0.39, 0.29) is 0 Å². The molecule has 0 bridgehead atoms. The molecule has 1 unspecified atom stereocenters. The van der Waals surface area contributed by atoms with Crippen LogP contribution in [0.2, 0.25) is 31.4 Å². The van der Waals surface area contributed by atoms with E-state index >= 15 is 0 Å². The van der Waals surface area contributed by atoms with Gasteiger partial charge in [-0.3, -0.25) is 0 Å². The normalized spacial score (nSPS) is 17.9. The fraction of sp³-hybridized carbons (Fsp3) is 0.846. The topological polar surface area (TPSA) is 9.23 Å². The Morgan fingerprint density at radius 1 is 1.00 bits per heavy atom. The molecule has 1 atom stereocenters. The second-order valence-electron chi connectivity index (χ2n) is 11.4. The monoisotopic (exact) mass is 558 g/mol. The van der Waals surface area contributed by atoms with Gasteiger partial charge in [0.2, 0.25) is 0 Å². The van der Waals surface area contributed by atoms with Gasteiger partial charge in [0.1, 0.15) is 0 Å². The van der Waals surface area contributed by atoms with Crippen molar-refractivity contribution in [3.05, 3.63) is 16.5 Å². The number of hydrogen-bond donors (Lipinski definition) is 0. The molecule has 1 aromatic heterocycles. The number of unbranched alkanes of at least 4 members (excludes halogenated alkanes) is 3. The predicted molar refractivity (Wildman–Crippen MR) is 143 cm³/mol. The number of rotatable bonds is 12. The summed E-state index contributed by atoms with van der Waals surface area (Å²) in [7, 11) is -1.68. The van der Waals surface area contributed by atoms with Crippen molar-refractivity contribution in [2.45, 2.75) is 137 Å². The summed E-state index contributed by atoms with van der Waals surface area (Å²) in [4.78, 5) is 1.70. The molecule has 0 N–H and O–H groups in total. The summed E-state index contributed by atoms with van der Waals surface area (Å²) in [5.74, 6) is 0. The number of thiophene rings is 1. The van der Waals surface area contributed by atoms with Crippen molar-refractivity contribution in [1.82, 2.24) is 0 Å². The molecule has 1 aliphatic carbocycles. The fourth-order valence-electron chi connectivity index (χ4n) is 4.72. The number of fused-ring (bicyclic) bond motifs is 1. The van der Waals surface area contributed by atoms with Gasteiger partial charge in [-0.25, -0.2) is 0 Å². The van der Waals surface area contributed by atoms with Gasteiger partial charge in [-0.15, -0.1) is 0 Å². The quantitative estimate of drug-likeness (QED) is 0.234. The number of hydrogen-bond acceptors (Lipinski definition) is 2. The van der Waals surface area contributed by atoms with Gasteiger partial charge < -0.3 is 0 Å². The summed E-state index contributed by atoms with van der Waals surface area (Å²) in [6.07, 6.45) is 12.6. The van der Waals surface area contributed by atoms with Crippen LogP contribution in [0.5, 0.6) is 0 Å². The van der Waals surface area contributed by atoms with E-state index in [9.17, 15) is 0 Å². The van der Waals surface area contributed by atoms with Crippen molar-refractivity contribution in [3.8, 4) is 0 Å². The third kappa shape index (κ3) is 6.84. The molecular weight excluding hydrogens is 507 g/mol. The zero-order chi connectivity index (χ0) is 22.4. The first-order valence-electron chi connectivity index (χ1n) is 12.9. The molecule has 174 valence electrons. The fourth-order valence-corrected chi connectivity index (χ4v) is 26.8. The molecule has 1 aliphatic rings. The molecule has 4 heteroatoms. The summed E-state index contributed by atoms with van der Waals surface area (Å²) in [5, 5.41) is 0.306. The van der Waals surface area contributed by atoms with Gasteiger partial charge in [0.05, 0.1) is 0 Å². The van der Waals surface area contributed by atoms with E-state index in [0.29, 0.717) is 11.1 Å². The van der Waals surface area contributed by atoms with Gasteiger partial charge in [-0.1, -0.05) is 0 Å². The van der Waals surface area contributed by atoms with Crippen LogP contribution in [0.25, 0.3) is 0 Å². The van der Waals surface area contributed by atoms with Crippen LogP contribution in [0.4, 0.5) is 0 Å². The van der Waals surface area contributed by atoms with Gasteiger partial charge in [0.25, 0.3) is 0 Å². The summed E-state index contributed by atoms with van der Waals surface area (Å²) in [6.45, 7) is 19.1. The van der Waals surface area contributed by atoms with Gasteiger partial charge in [-0.2, -0.15) is 0 Å². The third-order valence-corrected chi connectivity index (χ3v) is 31.8. The van der Waals surface area contributed by atoms with Gasteiger partial charge in [0, 0.05) is 0 Å². The van der Waals surface area contributed by atoms with Crippen LogP contribution >= 0.6 is 11.3 Å². The summed E-state index contributed by atoms with van der Waals surface area (Å²) in [6, 6.07) is 2.74. The van der Waals surface area contributed by atoms with Crippen LogP contribution in [-0.4, -0.2) is 32.8 Å². The number of aryl methyl sites for hydroxylation is 1. The van der Waals surface area contributed by atoms with Gasteiger partial charge >= 0.3 is 199 Å². The van der Waals surface area contributed by atoms with Crippen molar-refractivity contribution in [2.75, 3.05) is 0 Å². The second kappa shape index (κ2) is 11.7. The average molecular weight is 558 g/mol. The Balaban J connectivity index is 2.25. The molecule has 0 radical (unpaired) electrons. The van der Waals surface area contributed by atoms with E-state index in [2.05, 4.69) is 72.0 Å². The first-order chi connectivity index (χ1) is 14.1. The van der Waals surface area contributed by atoms with Crippen LogP contribution in [0.15, 0.2) is 6.07 Å². The van der Waals surface area contributed by atoms with Gasteiger partial charge in [0.15, 0.2) is 0 Å². The standard InChI is InChI=1S/C14H23OSSi.3C4H9.Sn/c1-14(2,3)17(4,5)15-12-7-6-11-8-9-16-13(11)10-12;3*1-3-4-2;/h8,12H,6-7,10H2,1-5H3;3*1,3-4H2,2H3;. The Morgan fingerprint density at radius 2 is 1.53 bits per heavy atom. The van der Waals surface area contributed by atoms with Crippen LogP contribution in [-0.2, 0) is 17.3 Å². The zero-order valence-electron chi connectivity index (χ0n) is 21.5. The maximum atomic E-state index is 6.85. The maximum absolute atomic E-state index is 6.85. The van der Waals surface area contributed by atoms with Gasteiger partial charge in [-0.05, 0) is 0 Å². The first kappa shape index (κ1) is 26.9. The predicted octanol–water partition coefficient (Wildman–Crippen LogP) is 8.68. The Morgan fingerprint density at radius 3 is 2.00 bits per heavy atom. The molecule has 0 aromatic carbocycles. The molecule has 0 saturated carbocycles. The van der Waals surface area contributed by atoms with Crippen LogP contribution in [0.1, 0.15) is 96.9 Å². The van der Waals surface area contributed by atoms with Crippen molar-refractivity contribution >= 4 is 40.9 Å². The molecule has 0 saturated heterocycles. The van der Waals surface area contributed by atoms with E-state index in [4.69, 9.17) is 4.43 Å². The molecule has 1 heterocycles. The minimum absolute atomic E-state index is 0.306. The summed E-state index contributed by atoms with van der Waals surface area (Å²) in [5.41, 5.74) is 1.70. The molecule has 2 rings (SSSR count). The van der Waals surface area contributed by atoms with E-state index < -0.39 is 26.7 Å². The third-order valence-electron chi connectivity index (χ3n) is 7.86. The van der Waals surface area contributed by atoms with E-state index in [1.807, 2.05) is 2.89 Å².